The lowest BCUT2D eigenvalue weighted by atomic mass is 10.0. The number of carbonyl (C=O) groups is 2. The number of hydrogen-bond donors (Lipinski definition) is 0. The predicted molar refractivity (Wildman–Crippen MR) is 246 cm³/mol. The maximum atomic E-state index is 13.0. The summed E-state index contributed by atoms with van der Waals surface area (Å²) in [6.07, 6.45) is 55.7. The molecule has 0 aromatic heterocycles. The van der Waals surface area contributed by atoms with Crippen LogP contribution in [0.1, 0.15) is 182 Å². The second kappa shape index (κ2) is 46.2. The van der Waals surface area contributed by atoms with E-state index in [9.17, 15) is 9.59 Å². The van der Waals surface area contributed by atoms with Gasteiger partial charge >= 0.3 is 11.9 Å². The second-order valence-corrected chi connectivity index (χ2v) is 14.4. The van der Waals surface area contributed by atoms with Gasteiger partial charge in [-0.15, -0.1) is 0 Å². The third-order valence-corrected chi connectivity index (χ3v) is 8.82. The first kappa shape index (κ1) is 54.9. The van der Waals surface area contributed by atoms with Crippen molar-refractivity contribution in [1.29, 1.82) is 0 Å². The summed E-state index contributed by atoms with van der Waals surface area (Å²) < 4.78 is 12.1. The highest BCUT2D eigenvalue weighted by Crippen LogP contribution is 2.20. The van der Waals surface area contributed by atoms with Gasteiger partial charge < -0.3 is 14.4 Å². The minimum atomic E-state index is -0.413. The highest BCUT2D eigenvalue weighted by atomic mass is 16.6. The number of nitrogens with zero attached hydrogens (tertiary/aromatic N) is 1. The number of hydrogen-bond acceptors (Lipinski definition) is 5. The summed E-state index contributed by atoms with van der Waals surface area (Å²) in [5.41, 5.74) is 0. The molecule has 0 saturated carbocycles. The first-order valence-corrected chi connectivity index (χ1v) is 22.7. The van der Waals surface area contributed by atoms with Gasteiger partial charge in [0.1, 0.15) is 12.2 Å². The Balaban J connectivity index is 0. The maximum Gasteiger partial charge on any atom is 0.306 e. The third kappa shape index (κ3) is 42.0. The van der Waals surface area contributed by atoms with Crippen molar-refractivity contribution >= 4 is 11.9 Å². The van der Waals surface area contributed by atoms with Gasteiger partial charge in [0.05, 0.1) is 0 Å². The standard InChI is InChI=1S/C49H81NO4.C2H6/c1-6-9-12-14-16-18-20-22-24-25-27-29-31-33-35-37-39-44-49(52)54-47(42-40-45-50(4)5)46(41-11-8-3)53-48(51)43-38-36-34-32-30-28-26-23-21-19-17-15-13-10-7-2;1-2/h13,15-16,18-19,21-22,24,26-29,32-35,46-47H,6-12,14,17,20,23,25,30-31,36-45H2,1-5H3;1-2H3/b15-13-,18-16-,21-19-,24-22-,28-26-,29-27-,34-32-,35-33-;. The summed E-state index contributed by atoms with van der Waals surface area (Å²) in [6.45, 7) is 11.5. The maximum absolute atomic E-state index is 13.0. The average molecular weight is 778 g/mol. The van der Waals surface area contributed by atoms with Crippen molar-refractivity contribution in [3.63, 3.8) is 0 Å². The van der Waals surface area contributed by atoms with Gasteiger partial charge in [-0.2, -0.15) is 0 Å². The van der Waals surface area contributed by atoms with Gasteiger partial charge in [0.2, 0.25) is 0 Å². The minimum Gasteiger partial charge on any atom is -0.458 e. The van der Waals surface area contributed by atoms with Crippen LogP contribution in [0.4, 0.5) is 0 Å². The second-order valence-electron chi connectivity index (χ2n) is 14.4. The fourth-order valence-corrected chi connectivity index (χ4v) is 5.62. The molecule has 0 amide bonds. The molecule has 0 N–H and O–H groups in total. The molecule has 0 aliphatic carbocycles. The molecule has 0 aliphatic heterocycles. The van der Waals surface area contributed by atoms with E-state index in [0.717, 1.165) is 96.4 Å². The van der Waals surface area contributed by atoms with E-state index in [1.807, 2.05) is 27.9 Å². The number of carbonyl (C=O) groups excluding carboxylic acids is 2. The van der Waals surface area contributed by atoms with E-state index in [4.69, 9.17) is 9.47 Å². The highest BCUT2D eigenvalue weighted by Gasteiger charge is 2.28. The lowest BCUT2D eigenvalue weighted by molar-refractivity contribution is -0.169. The van der Waals surface area contributed by atoms with Gasteiger partial charge in [0, 0.05) is 12.8 Å². The molecule has 2 atom stereocenters. The highest BCUT2D eigenvalue weighted by molar-refractivity contribution is 5.70. The van der Waals surface area contributed by atoms with Crippen LogP contribution in [-0.2, 0) is 19.1 Å². The van der Waals surface area contributed by atoms with E-state index >= 15 is 0 Å². The zero-order chi connectivity index (χ0) is 41.6. The molecule has 2 unspecified atom stereocenters. The van der Waals surface area contributed by atoms with Gasteiger partial charge in [0.15, 0.2) is 0 Å². The number of unbranched alkanes of at least 4 members (excludes halogenated alkanes) is 7. The monoisotopic (exact) mass is 778 g/mol. The molecule has 0 aromatic carbocycles. The minimum absolute atomic E-state index is 0.199. The Labute approximate surface area is 347 Å². The molecule has 320 valence electrons. The van der Waals surface area contributed by atoms with Crippen molar-refractivity contribution in [1.82, 2.24) is 4.90 Å². The zero-order valence-corrected chi connectivity index (χ0v) is 37.4. The van der Waals surface area contributed by atoms with Crippen LogP contribution in [-0.4, -0.2) is 49.7 Å². The summed E-state index contributed by atoms with van der Waals surface area (Å²) in [4.78, 5) is 28.0. The summed E-state index contributed by atoms with van der Waals surface area (Å²) >= 11 is 0. The average Bonchev–Trinajstić information content (AvgIpc) is 3.19. The van der Waals surface area contributed by atoms with Gasteiger partial charge in [-0.3, -0.25) is 9.59 Å². The van der Waals surface area contributed by atoms with Crippen molar-refractivity contribution in [3.05, 3.63) is 97.2 Å². The molecule has 56 heavy (non-hydrogen) atoms. The van der Waals surface area contributed by atoms with Gasteiger partial charge in [-0.25, -0.2) is 0 Å². The Kier molecular flexibility index (Phi) is 45.3. The van der Waals surface area contributed by atoms with Crippen LogP contribution < -0.4 is 0 Å². The molecule has 0 aromatic rings. The summed E-state index contributed by atoms with van der Waals surface area (Å²) in [7, 11) is 4.09. The lowest BCUT2D eigenvalue weighted by Crippen LogP contribution is -2.36. The molecule has 0 bridgehead atoms. The summed E-state index contributed by atoms with van der Waals surface area (Å²) in [5, 5.41) is 0. The smallest absolute Gasteiger partial charge is 0.306 e. The SMILES string of the molecule is CC.CCC/C=C\C/C=C\C/C=C\C/C=C\CCCC(=O)OC(CCCC)C(CCCN(C)C)OC(=O)CCC/C=C\C/C=C\C/C=C\C/C=C\CCCCC. The molecule has 0 rings (SSSR count). The summed E-state index contributed by atoms with van der Waals surface area (Å²) in [6, 6.07) is 0. The molecule has 0 fully saturated rings. The van der Waals surface area contributed by atoms with E-state index in [-0.39, 0.29) is 11.9 Å². The van der Waals surface area contributed by atoms with Gasteiger partial charge in [0.25, 0.3) is 0 Å². The topological polar surface area (TPSA) is 55.8 Å². The summed E-state index contributed by atoms with van der Waals surface area (Å²) in [5.74, 6) is -0.400. The molecule has 0 heterocycles. The third-order valence-electron chi connectivity index (χ3n) is 8.82. The van der Waals surface area contributed by atoms with Crippen LogP contribution in [0.3, 0.4) is 0 Å². The van der Waals surface area contributed by atoms with Crippen molar-refractivity contribution in [2.24, 2.45) is 0 Å². The van der Waals surface area contributed by atoms with E-state index in [1.54, 1.807) is 0 Å². The molecule has 0 saturated heterocycles. The van der Waals surface area contributed by atoms with Crippen molar-refractivity contribution in [2.45, 2.75) is 195 Å². The van der Waals surface area contributed by atoms with Crippen LogP contribution in [0.15, 0.2) is 97.2 Å². The number of rotatable bonds is 36. The van der Waals surface area contributed by atoms with Crippen LogP contribution in [0.2, 0.25) is 0 Å². The fraction of sp³-hybridized carbons (Fsp3) is 0.647. The molecular weight excluding hydrogens is 691 g/mol. The van der Waals surface area contributed by atoms with Crippen molar-refractivity contribution in [3.8, 4) is 0 Å². The van der Waals surface area contributed by atoms with Gasteiger partial charge in [-0.1, -0.05) is 158 Å². The van der Waals surface area contributed by atoms with Crippen LogP contribution >= 0.6 is 0 Å². The number of esters is 2. The Morgan fingerprint density at radius 3 is 1.12 bits per heavy atom. The Morgan fingerprint density at radius 2 is 0.768 bits per heavy atom. The quantitative estimate of drug-likeness (QED) is 0.0360. The molecular formula is C51H87NO4. The molecule has 5 nitrogen and oxygen atoms in total. The first-order chi connectivity index (χ1) is 27.4. The Bertz CT molecular complexity index is 1110. The van der Waals surface area contributed by atoms with Crippen molar-refractivity contribution < 1.29 is 19.1 Å². The molecule has 0 spiro atoms. The van der Waals surface area contributed by atoms with E-state index < -0.39 is 12.2 Å². The van der Waals surface area contributed by atoms with Crippen LogP contribution in [0, 0.1) is 0 Å². The first-order valence-electron chi connectivity index (χ1n) is 22.7. The normalized spacial score (nSPS) is 13.5. The van der Waals surface area contributed by atoms with E-state index in [2.05, 4.69) is 123 Å². The van der Waals surface area contributed by atoms with E-state index in [1.165, 1.54) is 32.1 Å². The fourth-order valence-electron chi connectivity index (χ4n) is 5.62. The molecule has 0 aliphatic rings. The lowest BCUT2D eigenvalue weighted by Gasteiger charge is -2.28. The Morgan fingerprint density at radius 1 is 0.429 bits per heavy atom. The van der Waals surface area contributed by atoms with Gasteiger partial charge in [-0.05, 0) is 130 Å². The molecule has 0 radical (unpaired) electrons. The number of allylic oxidation sites excluding steroid dienone is 16. The largest absolute Gasteiger partial charge is 0.458 e. The molecule has 5 heteroatoms. The van der Waals surface area contributed by atoms with Crippen LogP contribution in [0.5, 0.6) is 0 Å². The van der Waals surface area contributed by atoms with Crippen molar-refractivity contribution in [2.75, 3.05) is 20.6 Å². The number of ether oxygens (including phenoxy) is 2. The predicted octanol–water partition coefficient (Wildman–Crippen LogP) is 14.9. The van der Waals surface area contributed by atoms with E-state index in [0.29, 0.717) is 25.7 Å². The van der Waals surface area contributed by atoms with Crippen LogP contribution in [0.25, 0.3) is 0 Å². The Hall–Kier alpha value is -3.18. The zero-order valence-electron chi connectivity index (χ0n) is 37.4.